The Morgan fingerprint density at radius 2 is 0.812 bits per heavy atom. The zero-order valence-corrected chi connectivity index (χ0v) is 38.8. The number of ether oxygens (including phenoxy) is 11. The summed E-state index contributed by atoms with van der Waals surface area (Å²) in [4.78, 5) is 13.1. The Morgan fingerprint density at radius 3 is 1.30 bits per heavy atom. The number of carbonyl (C=O) groups excluding carboxylic acids is 1. The predicted octanol–water partition coefficient (Wildman–Crippen LogP) is 9.17. The van der Waals surface area contributed by atoms with Gasteiger partial charge in [-0.25, -0.2) is 0 Å². The molecule has 6 aromatic rings. The summed E-state index contributed by atoms with van der Waals surface area (Å²) in [5.74, 6) is -0.572. The number of esters is 1. The molecule has 2 fully saturated rings. The number of benzene rings is 6. The number of rotatable bonds is 24. The highest BCUT2D eigenvalue weighted by atomic mass is 16.8. The fraction of sp³-hybridized carbons (Fsp3) is 0.351. The van der Waals surface area contributed by atoms with E-state index in [0.717, 1.165) is 16.7 Å². The highest BCUT2D eigenvalue weighted by molar-refractivity contribution is 5.66. The van der Waals surface area contributed by atoms with Crippen LogP contribution in [0.25, 0.3) is 0 Å². The Kier molecular flexibility index (Phi) is 17.5. The molecule has 12 heteroatoms. The zero-order valence-electron chi connectivity index (χ0n) is 41.8. The lowest BCUT2D eigenvalue weighted by Crippen LogP contribution is -2.66. The summed E-state index contributed by atoms with van der Waals surface area (Å²) < 4.78 is 100. The standard InChI is InChI=1S/C57H62O12/c1-41(58)66-50-48(39-60-33-42-21-9-3-10-22-42)68-57(55(65-38-47-31-19-8-20-32-47)52(50)62-35-44-25-13-5-14-26-44)69-51-49(40-61-34-43-23-11-4-12-24-43)67-56(59-2)54(64-37-46-29-17-7-18-30-46)53(51)63-36-45-27-15-6-16-28-45/h3-32,48-57H,33-40H2,1-2H3/t48-,49-,50+,51-,52+,53+,54-,55-,56?,57-/m1/s1/i34D,36D,37D/t34?,36?,37?,48-,49-,50+,51-,52+,53+,54-,55-,56?,57-. The lowest BCUT2D eigenvalue weighted by molar-refractivity contribution is -0.373. The summed E-state index contributed by atoms with van der Waals surface area (Å²) in [5, 5.41) is 0. The van der Waals surface area contributed by atoms with E-state index < -0.39 is 87.1 Å². The van der Waals surface area contributed by atoms with Crippen LogP contribution in [0.3, 0.4) is 0 Å². The van der Waals surface area contributed by atoms with Crippen LogP contribution in [0.15, 0.2) is 182 Å². The van der Waals surface area contributed by atoms with Gasteiger partial charge in [-0.2, -0.15) is 0 Å². The molecular weight excluding hydrogens is 877 g/mol. The maximum atomic E-state index is 13.1. The Hall–Kier alpha value is -5.61. The van der Waals surface area contributed by atoms with Crippen molar-refractivity contribution >= 4 is 5.97 Å². The Balaban J connectivity index is 1.22. The average Bonchev–Trinajstić information content (AvgIpc) is 3.42. The Morgan fingerprint density at radius 1 is 0.435 bits per heavy atom. The van der Waals surface area contributed by atoms with Crippen molar-refractivity contribution in [2.24, 2.45) is 0 Å². The molecule has 0 radical (unpaired) electrons. The molecule has 13 atom stereocenters. The van der Waals surface area contributed by atoms with Gasteiger partial charge in [0.15, 0.2) is 18.7 Å². The molecule has 2 heterocycles. The summed E-state index contributed by atoms with van der Waals surface area (Å²) >= 11 is 0. The van der Waals surface area contributed by atoms with E-state index in [1.165, 1.54) is 14.0 Å². The fourth-order valence-electron chi connectivity index (χ4n) is 8.19. The van der Waals surface area contributed by atoms with Crippen LogP contribution in [-0.2, 0) is 96.5 Å². The first-order valence-electron chi connectivity index (χ1n) is 24.9. The van der Waals surface area contributed by atoms with Gasteiger partial charge in [-0.1, -0.05) is 182 Å². The van der Waals surface area contributed by atoms with Gasteiger partial charge in [0.05, 0.1) is 56.9 Å². The summed E-state index contributed by atoms with van der Waals surface area (Å²) in [6.45, 7) is -2.25. The molecule has 0 saturated carbocycles. The molecule has 362 valence electrons. The Labute approximate surface area is 409 Å². The van der Waals surface area contributed by atoms with Crippen molar-refractivity contribution in [2.45, 2.75) is 108 Å². The summed E-state index contributed by atoms with van der Waals surface area (Å²) in [6, 6.07) is 56.0. The molecule has 2 aliphatic rings. The van der Waals surface area contributed by atoms with Crippen molar-refractivity contribution in [3.05, 3.63) is 215 Å². The van der Waals surface area contributed by atoms with Crippen molar-refractivity contribution < 1.29 is 61.0 Å². The highest BCUT2D eigenvalue weighted by Crippen LogP contribution is 2.36. The van der Waals surface area contributed by atoms with Crippen LogP contribution in [0.5, 0.6) is 0 Å². The molecule has 8 rings (SSSR count). The van der Waals surface area contributed by atoms with Gasteiger partial charge in [-0.15, -0.1) is 0 Å². The largest absolute Gasteiger partial charge is 0.457 e. The maximum Gasteiger partial charge on any atom is 0.303 e. The first-order chi connectivity index (χ1) is 35.2. The minimum absolute atomic E-state index is 0.0631. The molecule has 6 aromatic carbocycles. The summed E-state index contributed by atoms with van der Waals surface area (Å²) in [5.41, 5.74) is 4.31. The molecular formula is C57H62O12. The van der Waals surface area contributed by atoms with Gasteiger partial charge < -0.3 is 52.1 Å². The molecule has 2 saturated heterocycles. The van der Waals surface area contributed by atoms with Crippen LogP contribution < -0.4 is 0 Å². The number of hydrogen-bond donors (Lipinski definition) is 0. The minimum Gasteiger partial charge on any atom is -0.457 e. The fourth-order valence-corrected chi connectivity index (χ4v) is 8.19. The smallest absolute Gasteiger partial charge is 0.303 e. The summed E-state index contributed by atoms with van der Waals surface area (Å²) in [6.07, 6.45) is -11.5. The molecule has 2 aliphatic heterocycles. The van der Waals surface area contributed by atoms with Gasteiger partial charge >= 0.3 is 5.97 Å². The first kappa shape index (κ1) is 45.8. The van der Waals surface area contributed by atoms with Crippen molar-refractivity contribution in [1.29, 1.82) is 0 Å². The lowest BCUT2D eigenvalue weighted by Gasteiger charge is -2.50. The first-order valence-corrected chi connectivity index (χ1v) is 23.2. The maximum absolute atomic E-state index is 13.1. The van der Waals surface area contributed by atoms with Crippen molar-refractivity contribution in [3.8, 4) is 0 Å². The molecule has 0 amide bonds. The van der Waals surface area contributed by atoms with Crippen LogP contribution in [0.4, 0.5) is 0 Å². The normalized spacial score (nSPS) is 26.7. The molecule has 0 bridgehead atoms. The average molecular weight is 942 g/mol. The van der Waals surface area contributed by atoms with E-state index >= 15 is 0 Å². The second-order valence-corrected chi connectivity index (χ2v) is 16.6. The monoisotopic (exact) mass is 941 g/mol. The van der Waals surface area contributed by atoms with E-state index in [2.05, 4.69) is 0 Å². The number of carbonyl (C=O) groups is 1. The quantitative estimate of drug-likeness (QED) is 0.0539. The van der Waals surface area contributed by atoms with Crippen LogP contribution in [0.1, 0.15) is 44.4 Å². The molecule has 4 unspecified atom stereocenters. The Bertz CT molecular complexity index is 2470. The number of hydrogen-bond acceptors (Lipinski definition) is 12. The predicted molar refractivity (Wildman–Crippen MR) is 257 cm³/mol. The molecule has 0 spiro atoms. The van der Waals surface area contributed by atoms with Crippen molar-refractivity contribution in [3.63, 3.8) is 0 Å². The second-order valence-electron chi connectivity index (χ2n) is 16.6. The van der Waals surface area contributed by atoms with Gasteiger partial charge in [0.1, 0.15) is 42.7 Å². The topological polar surface area (TPSA) is 119 Å². The third-order valence-electron chi connectivity index (χ3n) is 11.6. The van der Waals surface area contributed by atoms with E-state index in [0.29, 0.717) is 16.7 Å². The molecule has 0 aromatic heterocycles. The van der Waals surface area contributed by atoms with E-state index in [4.69, 9.17) is 53.5 Å². The van der Waals surface area contributed by atoms with Crippen molar-refractivity contribution in [2.75, 3.05) is 20.3 Å². The number of methoxy groups -OCH3 is 1. The van der Waals surface area contributed by atoms with E-state index in [1.807, 2.05) is 146 Å². The third-order valence-corrected chi connectivity index (χ3v) is 11.6. The summed E-state index contributed by atoms with van der Waals surface area (Å²) in [7, 11) is 1.45. The van der Waals surface area contributed by atoms with E-state index in [-0.39, 0.29) is 33.0 Å². The zero-order chi connectivity index (χ0) is 50.1. The third kappa shape index (κ3) is 14.7. The van der Waals surface area contributed by atoms with Crippen LogP contribution >= 0.6 is 0 Å². The van der Waals surface area contributed by atoms with Gasteiger partial charge in [0, 0.05) is 14.0 Å². The van der Waals surface area contributed by atoms with Crippen molar-refractivity contribution in [1.82, 2.24) is 0 Å². The minimum atomic E-state index is -1.35. The van der Waals surface area contributed by atoms with Crippen LogP contribution in [0, 0.1) is 0 Å². The molecule has 0 N–H and O–H groups in total. The lowest BCUT2D eigenvalue weighted by atomic mass is 9.95. The van der Waals surface area contributed by atoms with Crippen LogP contribution in [-0.4, -0.2) is 87.7 Å². The van der Waals surface area contributed by atoms with E-state index in [9.17, 15) is 7.54 Å². The van der Waals surface area contributed by atoms with Gasteiger partial charge in [0.2, 0.25) is 0 Å². The van der Waals surface area contributed by atoms with Gasteiger partial charge in [-0.05, 0) is 33.4 Å². The molecule has 12 nitrogen and oxygen atoms in total. The van der Waals surface area contributed by atoms with Crippen LogP contribution in [0.2, 0.25) is 0 Å². The van der Waals surface area contributed by atoms with E-state index in [1.54, 1.807) is 36.4 Å². The SMILES string of the molecule is [2H]C(OC[C@H]1OC(OC)[C@H](OC([2H])c2ccccc2)[C@@H](OC([2H])c2ccccc2)[C@@H]1O[C@H]1O[C@H](COCc2ccccc2)[C@H](OC(C)=O)[C@H](OCc2ccccc2)[C@H]1OCc1ccccc1)c1ccccc1. The molecule has 0 aliphatic carbocycles. The van der Waals surface area contributed by atoms with Gasteiger partial charge in [-0.3, -0.25) is 4.79 Å². The van der Waals surface area contributed by atoms with Gasteiger partial charge in [0.25, 0.3) is 0 Å². The second kappa shape index (κ2) is 26.4. The molecule has 69 heavy (non-hydrogen) atoms. The highest BCUT2D eigenvalue weighted by Gasteiger charge is 2.55.